The molecular formula is C8H13NO6. The number of amides is 1. The van der Waals surface area contributed by atoms with E-state index in [1.165, 1.54) is 4.90 Å². The van der Waals surface area contributed by atoms with Crippen molar-refractivity contribution in [3.8, 4) is 0 Å². The Morgan fingerprint density at radius 1 is 1.20 bits per heavy atom. The SMILES string of the molecule is O=C(O)COCC(=O)N1CC(O)C(O)C1. The summed E-state index contributed by atoms with van der Waals surface area (Å²) in [5.41, 5.74) is 0. The Labute approximate surface area is 85.9 Å². The summed E-state index contributed by atoms with van der Waals surface area (Å²) >= 11 is 0. The largest absolute Gasteiger partial charge is 0.480 e. The maximum Gasteiger partial charge on any atom is 0.329 e. The third-order valence-corrected chi connectivity index (χ3v) is 2.06. The summed E-state index contributed by atoms with van der Waals surface area (Å²) < 4.78 is 4.59. The van der Waals surface area contributed by atoms with Crippen molar-refractivity contribution in [3.05, 3.63) is 0 Å². The molecule has 1 amide bonds. The molecule has 2 atom stereocenters. The number of nitrogens with zero attached hydrogens (tertiary/aromatic N) is 1. The monoisotopic (exact) mass is 219 g/mol. The van der Waals surface area contributed by atoms with Gasteiger partial charge in [-0.2, -0.15) is 0 Å². The third-order valence-electron chi connectivity index (χ3n) is 2.06. The van der Waals surface area contributed by atoms with E-state index < -0.39 is 30.7 Å². The van der Waals surface area contributed by atoms with Gasteiger partial charge in [0.05, 0.1) is 12.2 Å². The number of ether oxygens (including phenoxy) is 1. The van der Waals surface area contributed by atoms with E-state index in [9.17, 15) is 9.59 Å². The number of likely N-dealkylation sites (tertiary alicyclic amines) is 1. The van der Waals surface area contributed by atoms with Crippen molar-refractivity contribution in [1.29, 1.82) is 0 Å². The highest BCUT2D eigenvalue weighted by Crippen LogP contribution is 2.09. The van der Waals surface area contributed by atoms with Gasteiger partial charge in [-0.15, -0.1) is 0 Å². The summed E-state index contributed by atoms with van der Waals surface area (Å²) in [4.78, 5) is 22.6. The van der Waals surface area contributed by atoms with E-state index in [0.717, 1.165) is 0 Å². The number of aliphatic hydroxyl groups is 2. The first-order chi connectivity index (χ1) is 7.00. The van der Waals surface area contributed by atoms with E-state index in [1.807, 2.05) is 0 Å². The minimum absolute atomic E-state index is 0.0520. The zero-order valence-electron chi connectivity index (χ0n) is 8.00. The molecule has 3 N–H and O–H groups in total. The highest BCUT2D eigenvalue weighted by Gasteiger charge is 2.32. The average Bonchev–Trinajstić information content (AvgIpc) is 2.46. The number of hydrogen-bond donors (Lipinski definition) is 3. The molecule has 15 heavy (non-hydrogen) atoms. The molecule has 86 valence electrons. The summed E-state index contributed by atoms with van der Waals surface area (Å²) in [6, 6.07) is 0. The van der Waals surface area contributed by atoms with Gasteiger partial charge in [-0.1, -0.05) is 0 Å². The molecule has 0 aliphatic carbocycles. The van der Waals surface area contributed by atoms with Crippen molar-refractivity contribution in [1.82, 2.24) is 4.90 Å². The van der Waals surface area contributed by atoms with Crippen molar-refractivity contribution in [2.75, 3.05) is 26.3 Å². The Balaban J connectivity index is 2.26. The maximum atomic E-state index is 11.3. The minimum Gasteiger partial charge on any atom is -0.480 e. The first-order valence-corrected chi connectivity index (χ1v) is 4.44. The van der Waals surface area contributed by atoms with Crippen molar-refractivity contribution >= 4 is 11.9 Å². The summed E-state index contributed by atoms with van der Waals surface area (Å²) in [6.07, 6.45) is -1.87. The zero-order chi connectivity index (χ0) is 11.4. The quantitative estimate of drug-likeness (QED) is 0.488. The predicted octanol–water partition coefficient (Wildman–Crippen LogP) is -2.35. The summed E-state index contributed by atoms with van der Waals surface area (Å²) in [5, 5.41) is 26.5. The van der Waals surface area contributed by atoms with Gasteiger partial charge in [0.1, 0.15) is 13.2 Å². The lowest BCUT2D eigenvalue weighted by molar-refractivity contribution is -0.145. The second-order valence-electron chi connectivity index (χ2n) is 3.32. The fourth-order valence-electron chi connectivity index (χ4n) is 1.29. The van der Waals surface area contributed by atoms with Gasteiger partial charge in [0.25, 0.3) is 0 Å². The third kappa shape index (κ3) is 3.46. The number of carbonyl (C=O) groups is 2. The second kappa shape index (κ2) is 5.06. The fourth-order valence-corrected chi connectivity index (χ4v) is 1.29. The van der Waals surface area contributed by atoms with Crippen LogP contribution in [0.2, 0.25) is 0 Å². The lowest BCUT2D eigenvalue weighted by atomic mass is 10.3. The van der Waals surface area contributed by atoms with Gasteiger partial charge in [0.2, 0.25) is 5.91 Å². The average molecular weight is 219 g/mol. The van der Waals surface area contributed by atoms with Crippen LogP contribution in [0, 0.1) is 0 Å². The van der Waals surface area contributed by atoms with E-state index in [4.69, 9.17) is 15.3 Å². The Morgan fingerprint density at radius 2 is 1.73 bits per heavy atom. The van der Waals surface area contributed by atoms with E-state index >= 15 is 0 Å². The smallest absolute Gasteiger partial charge is 0.329 e. The molecule has 1 rings (SSSR count). The number of carboxylic acid groups (broad SMARTS) is 1. The molecule has 1 fully saturated rings. The number of aliphatic hydroxyl groups excluding tert-OH is 2. The molecule has 1 saturated heterocycles. The summed E-state index contributed by atoms with van der Waals surface area (Å²) in [5.74, 6) is -1.59. The van der Waals surface area contributed by atoms with Crippen molar-refractivity contribution < 1.29 is 29.6 Å². The van der Waals surface area contributed by atoms with Crippen LogP contribution in [0.1, 0.15) is 0 Å². The van der Waals surface area contributed by atoms with Crippen LogP contribution < -0.4 is 0 Å². The van der Waals surface area contributed by atoms with Crippen LogP contribution in [-0.2, 0) is 14.3 Å². The molecule has 0 radical (unpaired) electrons. The highest BCUT2D eigenvalue weighted by molar-refractivity contribution is 5.78. The summed E-state index contributed by atoms with van der Waals surface area (Å²) in [6.45, 7) is -0.788. The fraction of sp³-hybridized carbons (Fsp3) is 0.750. The topological polar surface area (TPSA) is 107 Å². The Hall–Kier alpha value is -1.18. The Kier molecular flexibility index (Phi) is 4.01. The van der Waals surface area contributed by atoms with Crippen LogP contribution in [0.3, 0.4) is 0 Å². The van der Waals surface area contributed by atoms with Crippen molar-refractivity contribution in [3.63, 3.8) is 0 Å². The molecular weight excluding hydrogens is 206 g/mol. The number of β-amino-alcohol motifs (C(OH)–C–C–N with tert-alkyl or cyclic N) is 2. The van der Waals surface area contributed by atoms with Crippen LogP contribution in [0.25, 0.3) is 0 Å². The van der Waals surface area contributed by atoms with E-state index in [-0.39, 0.29) is 19.7 Å². The van der Waals surface area contributed by atoms with Gasteiger partial charge in [-0.3, -0.25) is 4.79 Å². The molecule has 1 aliphatic heterocycles. The van der Waals surface area contributed by atoms with Crippen LogP contribution in [0.5, 0.6) is 0 Å². The second-order valence-corrected chi connectivity index (χ2v) is 3.32. The van der Waals surface area contributed by atoms with Crippen molar-refractivity contribution in [2.24, 2.45) is 0 Å². The summed E-state index contributed by atoms with van der Waals surface area (Å²) in [7, 11) is 0. The predicted molar refractivity (Wildman–Crippen MR) is 47.0 cm³/mol. The van der Waals surface area contributed by atoms with Gasteiger partial charge in [-0.05, 0) is 0 Å². The maximum absolute atomic E-state index is 11.3. The number of hydrogen-bond acceptors (Lipinski definition) is 5. The Morgan fingerprint density at radius 3 is 2.20 bits per heavy atom. The van der Waals surface area contributed by atoms with Gasteiger partial charge in [0.15, 0.2) is 0 Å². The van der Waals surface area contributed by atoms with E-state index in [1.54, 1.807) is 0 Å². The van der Waals surface area contributed by atoms with E-state index in [0.29, 0.717) is 0 Å². The first-order valence-electron chi connectivity index (χ1n) is 4.44. The lowest BCUT2D eigenvalue weighted by Gasteiger charge is -2.14. The molecule has 7 nitrogen and oxygen atoms in total. The molecule has 0 bridgehead atoms. The van der Waals surface area contributed by atoms with Crippen LogP contribution >= 0.6 is 0 Å². The minimum atomic E-state index is -1.15. The first kappa shape index (κ1) is 11.9. The molecule has 1 heterocycles. The molecule has 0 aromatic heterocycles. The number of carbonyl (C=O) groups excluding carboxylic acids is 1. The zero-order valence-corrected chi connectivity index (χ0v) is 8.00. The van der Waals surface area contributed by atoms with Crippen LogP contribution in [-0.4, -0.2) is 70.6 Å². The standard InChI is InChI=1S/C8H13NO6/c10-5-1-9(2-6(5)11)7(12)3-15-4-8(13)14/h5-6,10-11H,1-4H2,(H,13,14). The normalized spacial score (nSPS) is 25.6. The molecule has 2 unspecified atom stereocenters. The molecule has 1 aliphatic rings. The molecule has 0 aromatic rings. The Bertz CT molecular complexity index is 246. The lowest BCUT2D eigenvalue weighted by Crippen LogP contribution is -2.33. The number of carboxylic acids is 1. The molecule has 7 heteroatoms. The molecule has 0 saturated carbocycles. The number of rotatable bonds is 4. The van der Waals surface area contributed by atoms with Gasteiger partial charge < -0.3 is 25.0 Å². The van der Waals surface area contributed by atoms with Crippen molar-refractivity contribution in [2.45, 2.75) is 12.2 Å². The van der Waals surface area contributed by atoms with Gasteiger partial charge in [-0.25, -0.2) is 4.79 Å². The van der Waals surface area contributed by atoms with Crippen LogP contribution in [0.15, 0.2) is 0 Å². The molecule has 0 spiro atoms. The van der Waals surface area contributed by atoms with Crippen LogP contribution in [0.4, 0.5) is 0 Å². The number of aliphatic carboxylic acids is 1. The van der Waals surface area contributed by atoms with E-state index in [2.05, 4.69) is 4.74 Å². The molecule has 0 aromatic carbocycles. The van der Waals surface area contributed by atoms with Gasteiger partial charge >= 0.3 is 5.97 Å². The highest BCUT2D eigenvalue weighted by atomic mass is 16.5. The van der Waals surface area contributed by atoms with Gasteiger partial charge in [0, 0.05) is 13.1 Å².